The normalized spacial score (nSPS) is 11.1. The molecule has 0 aromatic heterocycles. The first kappa shape index (κ1) is 18.5. The summed E-state index contributed by atoms with van der Waals surface area (Å²) in [5.41, 5.74) is 4.47. The second-order valence-corrected chi connectivity index (χ2v) is 8.21. The molecule has 30 heavy (non-hydrogen) atoms. The summed E-state index contributed by atoms with van der Waals surface area (Å²) in [6, 6.07) is 27.2. The molecule has 1 heterocycles. The number of hydrogen-bond acceptors (Lipinski definition) is 5. The molecule has 0 bridgehead atoms. The molecule has 1 aliphatic heterocycles. The van der Waals surface area contributed by atoms with E-state index >= 15 is 0 Å². The van der Waals surface area contributed by atoms with Gasteiger partial charge in [0.15, 0.2) is 11.3 Å². The summed E-state index contributed by atoms with van der Waals surface area (Å²) in [6.07, 6.45) is 0. The molecule has 4 nitrogen and oxygen atoms in total. The van der Waals surface area contributed by atoms with Gasteiger partial charge in [0.1, 0.15) is 11.2 Å². The van der Waals surface area contributed by atoms with Crippen molar-refractivity contribution in [3.8, 4) is 11.5 Å². The highest BCUT2D eigenvalue weighted by molar-refractivity contribution is 7.99. The molecule has 0 unspecified atom stereocenters. The number of aromatic nitrogens is 1. The van der Waals surface area contributed by atoms with Gasteiger partial charge in [-0.1, -0.05) is 47.7 Å². The third-order valence-corrected chi connectivity index (χ3v) is 5.76. The quantitative estimate of drug-likeness (QED) is 0.343. The molecular formula is C25H18N2O2S. The first-order valence-corrected chi connectivity index (χ1v) is 10.4. The van der Waals surface area contributed by atoms with Crippen molar-refractivity contribution in [3.05, 3.63) is 101 Å². The zero-order chi connectivity index (χ0) is 20.5. The van der Waals surface area contributed by atoms with Crippen molar-refractivity contribution in [2.45, 2.75) is 16.7 Å². The van der Waals surface area contributed by atoms with Crippen LogP contribution in [0.3, 0.4) is 0 Å². The van der Waals surface area contributed by atoms with E-state index in [2.05, 4.69) is 36.5 Å². The van der Waals surface area contributed by atoms with Gasteiger partial charge in [0.25, 0.3) is 0 Å². The zero-order valence-electron chi connectivity index (χ0n) is 16.3. The van der Waals surface area contributed by atoms with E-state index in [1.54, 1.807) is 17.8 Å². The third kappa shape index (κ3) is 3.80. The van der Waals surface area contributed by atoms with Crippen LogP contribution in [0.4, 0.5) is 11.4 Å². The lowest BCUT2D eigenvalue weighted by molar-refractivity contribution is 0.611. The topological polar surface area (TPSA) is 55.1 Å². The van der Waals surface area contributed by atoms with E-state index in [1.807, 2.05) is 48.5 Å². The van der Waals surface area contributed by atoms with Gasteiger partial charge >= 0.3 is 0 Å². The van der Waals surface area contributed by atoms with Crippen molar-refractivity contribution in [3.63, 3.8) is 0 Å². The molecule has 1 aliphatic carbocycles. The largest absolute Gasteiger partial charge is 0.453 e. The van der Waals surface area contributed by atoms with Gasteiger partial charge in [-0.3, -0.25) is 4.79 Å². The number of anilines is 2. The highest BCUT2D eigenvalue weighted by atomic mass is 32.2. The van der Waals surface area contributed by atoms with Crippen molar-refractivity contribution in [1.29, 1.82) is 0 Å². The van der Waals surface area contributed by atoms with Crippen LogP contribution < -0.4 is 10.7 Å². The molecule has 0 atom stereocenters. The Morgan fingerprint density at radius 2 is 1.63 bits per heavy atom. The van der Waals surface area contributed by atoms with E-state index in [-0.39, 0.29) is 5.43 Å². The Bertz CT molecular complexity index is 1360. The molecule has 0 amide bonds. The van der Waals surface area contributed by atoms with Gasteiger partial charge in [-0.15, -0.1) is 0 Å². The summed E-state index contributed by atoms with van der Waals surface area (Å²) in [6.45, 7) is 2.07. The maximum absolute atomic E-state index is 12.6. The lowest BCUT2D eigenvalue weighted by Crippen LogP contribution is -2.08. The van der Waals surface area contributed by atoms with Gasteiger partial charge < -0.3 is 9.73 Å². The maximum atomic E-state index is 12.6. The third-order valence-electron chi connectivity index (χ3n) is 4.76. The minimum atomic E-state index is -0.138. The van der Waals surface area contributed by atoms with Crippen molar-refractivity contribution in [2.24, 2.45) is 0 Å². The first-order valence-electron chi connectivity index (χ1n) is 9.59. The summed E-state index contributed by atoms with van der Waals surface area (Å²) in [5, 5.41) is 3.16. The minimum Gasteiger partial charge on any atom is -0.453 e. The molecule has 5 heteroatoms. The fourth-order valence-electron chi connectivity index (χ4n) is 3.22. The Morgan fingerprint density at radius 3 is 2.43 bits per heavy atom. The van der Waals surface area contributed by atoms with Gasteiger partial charge in [-0.25, -0.2) is 4.98 Å². The molecule has 0 saturated heterocycles. The molecule has 3 aromatic rings. The molecule has 0 spiro atoms. The summed E-state index contributed by atoms with van der Waals surface area (Å²) < 4.78 is 6.03. The maximum Gasteiger partial charge on any atom is 0.205 e. The van der Waals surface area contributed by atoms with E-state index in [1.165, 1.54) is 11.6 Å². The van der Waals surface area contributed by atoms with Crippen molar-refractivity contribution < 1.29 is 4.42 Å². The summed E-state index contributed by atoms with van der Waals surface area (Å²) >= 11 is 1.66. The monoisotopic (exact) mass is 410 g/mol. The molecule has 3 aromatic carbocycles. The number of nitrogens with one attached hydrogen (secondary N) is 1. The Morgan fingerprint density at radius 1 is 0.867 bits per heavy atom. The molecule has 1 N–H and O–H groups in total. The van der Waals surface area contributed by atoms with Crippen LogP contribution in [0.25, 0.3) is 22.6 Å². The van der Waals surface area contributed by atoms with Crippen LogP contribution in [-0.2, 0) is 0 Å². The van der Waals surface area contributed by atoms with E-state index in [9.17, 15) is 4.79 Å². The van der Waals surface area contributed by atoms with Crippen LogP contribution in [-0.4, -0.2) is 4.98 Å². The second kappa shape index (κ2) is 7.69. The van der Waals surface area contributed by atoms with Crippen LogP contribution in [0.1, 0.15) is 5.56 Å². The van der Waals surface area contributed by atoms with Gasteiger partial charge in [-0.2, -0.15) is 0 Å². The van der Waals surface area contributed by atoms with Gasteiger partial charge in [-0.05, 0) is 55.5 Å². The molecule has 0 radical (unpaired) electrons. The van der Waals surface area contributed by atoms with E-state index in [0.29, 0.717) is 22.7 Å². The van der Waals surface area contributed by atoms with E-state index in [0.717, 1.165) is 21.0 Å². The minimum absolute atomic E-state index is 0.138. The molecule has 2 aliphatic rings. The Balaban J connectivity index is 1.51. The Kier molecular flexibility index (Phi) is 4.73. The summed E-state index contributed by atoms with van der Waals surface area (Å²) in [4.78, 5) is 19.5. The lowest BCUT2D eigenvalue weighted by Gasteiger charge is -2.10. The van der Waals surface area contributed by atoms with E-state index < -0.39 is 0 Å². The molecule has 146 valence electrons. The molecule has 5 rings (SSSR count). The predicted molar refractivity (Wildman–Crippen MR) is 122 cm³/mol. The summed E-state index contributed by atoms with van der Waals surface area (Å²) in [5.74, 6) is 0.476. The number of rotatable bonds is 4. The van der Waals surface area contributed by atoms with Gasteiger partial charge in [0, 0.05) is 21.5 Å². The number of nitrogens with zero attached hydrogens (tertiary/aromatic N) is 1. The average Bonchev–Trinajstić information content (AvgIpc) is 2.75. The van der Waals surface area contributed by atoms with Crippen LogP contribution in [0.5, 0.6) is 0 Å². The van der Waals surface area contributed by atoms with Gasteiger partial charge in [0.2, 0.25) is 5.43 Å². The smallest absolute Gasteiger partial charge is 0.205 e. The molecular weight excluding hydrogens is 392 g/mol. The zero-order valence-corrected chi connectivity index (χ0v) is 17.1. The first-order chi connectivity index (χ1) is 14.6. The van der Waals surface area contributed by atoms with Crippen LogP contribution >= 0.6 is 11.8 Å². The second-order valence-electron chi connectivity index (χ2n) is 7.07. The lowest BCUT2D eigenvalue weighted by atomic mass is 10.2. The van der Waals surface area contributed by atoms with Crippen LogP contribution in [0.2, 0.25) is 0 Å². The standard InChI is InChI=1S/C25H18N2O2S/c1-16-7-9-18(10-8-16)30-19-11-12-20-24(13-19)29-25-15-23(28)21(14-22(25)27-20)26-17-5-3-2-4-6-17/h2-15,26H,1H3. The van der Waals surface area contributed by atoms with Crippen molar-refractivity contribution >= 4 is 34.2 Å². The summed E-state index contributed by atoms with van der Waals surface area (Å²) in [7, 11) is 0. The average molecular weight is 410 g/mol. The fraction of sp³-hybridized carbons (Fsp3) is 0.0400. The number of fused-ring (bicyclic) bond motifs is 2. The van der Waals surface area contributed by atoms with Crippen molar-refractivity contribution in [1.82, 2.24) is 4.98 Å². The molecule has 0 fully saturated rings. The van der Waals surface area contributed by atoms with E-state index in [4.69, 9.17) is 9.40 Å². The highest BCUT2D eigenvalue weighted by Gasteiger charge is 2.14. The number of hydrogen-bond donors (Lipinski definition) is 1. The Labute approximate surface area is 177 Å². The Hall–Kier alpha value is -3.57. The van der Waals surface area contributed by atoms with Crippen LogP contribution in [0.15, 0.2) is 104 Å². The highest BCUT2D eigenvalue weighted by Crippen LogP contribution is 2.32. The number of aryl methyl sites for hydroxylation is 1. The van der Waals surface area contributed by atoms with Crippen molar-refractivity contribution in [2.75, 3.05) is 5.32 Å². The SMILES string of the molecule is Cc1ccc(Sc2ccc3nc4cc(Nc5ccccc5)c(=O)cc-4oc3c2)cc1. The fourth-order valence-corrected chi connectivity index (χ4v) is 4.06. The van der Waals surface area contributed by atoms with Crippen LogP contribution in [0, 0.1) is 6.92 Å². The number of para-hydroxylation sites is 1. The van der Waals surface area contributed by atoms with Gasteiger partial charge in [0.05, 0.1) is 5.69 Å². The molecule has 0 saturated carbocycles. The number of benzene rings is 4. The predicted octanol–water partition coefficient (Wildman–Crippen LogP) is 6.50.